The second-order valence-electron chi connectivity index (χ2n) is 4.96. The van der Waals surface area contributed by atoms with E-state index in [4.69, 9.17) is 4.74 Å². The molecule has 0 aliphatic heterocycles. The average molecular weight is 203 g/mol. The van der Waals surface area contributed by atoms with E-state index in [0.29, 0.717) is 6.61 Å². The predicted molar refractivity (Wildman–Crippen MR) is 59.5 cm³/mol. The van der Waals surface area contributed by atoms with E-state index in [9.17, 15) is 5.11 Å². The van der Waals surface area contributed by atoms with E-state index < -0.39 is 0 Å². The molecule has 0 spiro atoms. The summed E-state index contributed by atoms with van der Waals surface area (Å²) < 4.78 is 5.62. The van der Waals surface area contributed by atoms with Crippen LogP contribution in [-0.2, 0) is 4.74 Å². The summed E-state index contributed by atoms with van der Waals surface area (Å²) in [5, 5.41) is 12.5. The van der Waals surface area contributed by atoms with Gasteiger partial charge in [-0.25, -0.2) is 0 Å². The zero-order valence-electron chi connectivity index (χ0n) is 10.2. The van der Waals surface area contributed by atoms with Crippen molar-refractivity contribution in [3.05, 3.63) is 0 Å². The predicted octanol–water partition coefficient (Wildman–Crippen LogP) is 1.55. The van der Waals surface area contributed by atoms with Crippen LogP contribution in [0.3, 0.4) is 0 Å². The third-order valence-electron chi connectivity index (χ3n) is 2.14. The molecule has 0 aromatic rings. The summed E-state index contributed by atoms with van der Waals surface area (Å²) in [7, 11) is 0. The molecule has 2 N–H and O–H groups in total. The van der Waals surface area contributed by atoms with Gasteiger partial charge in [0.25, 0.3) is 0 Å². The van der Waals surface area contributed by atoms with Crippen molar-refractivity contribution in [3.8, 4) is 0 Å². The molecule has 1 unspecified atom stereocenters. The molecule has 0 saturated carbocycles. The van der Waals surface area contributed by atoms with Gasteiger partial charge in [-0.2, -0.15) is 0 Å². The summed E-state index contributed by atoms with van der Waals surface area (Å²) in [6.07, 6.45) is 0.828. The van der Waals surface area contributed by atoms with E-state index in [-0.39, 0.29) is 17.7 Å². The molecule has 3 nitrogen and oxygen atoms in total. The van der Waals surface area contributed by atoms with E-state index in [1.807, 2.05) is 34.6 Å². The summed E-state index contributed by atoms with van der Waals surface area (Å²) >= 11 is 0. The number of nitrogens with one attached hydrogen (secondary N) is 1. The van der Waals surface area contributed by atoms with Crippen molar-refractivity contribution in [3.63, 3.8) is 0 Å². The minimum absolute atomic E-state index is 0.0947. The Morgan fingerprint density at radius 2 is 1.79 bits per heavy atom. The Balaban J connectivity index is 3.84. The highest BCUT2D eigenvalue weighted by Gasteiger charge is 2.22. The number of hydrogen-bond acceptors (Lipinski definition) is 3. The first kappa shape index (κ1) is 13.9. The first-order chi connectivity index (χ1) is 6.33. The normalized spacial score (nSPS) is 16.7. The van der Waals surface area contributed by atoms with Crippen molar-refractivity contribution in [1.82, 2.24) is 5.32 Å². The standard InChI is InChI=1S/C11H25NO2/c1-6-12-11(5,9-13)7-8-14-10(2,3)4/h12-13H,6-9H2,1-5H3. The fourth-order valence-electron chi connectivity index (χ4n) is 1.23. The lowest BCUT2D eigenvalue weighted by Gasteiger charge is -2.30. The Morgan fingerprint density at radius 3 is 2.14 bits per heavy atom. The molecule has 86 valence electrons. The largest absolute Gasteiger partial charge is 0.394 e. The van der Waals surface area contributed by atoms with Crippen LogP contribution in [0.2, 0.25) is 0 Å². The highest BCUT2D eigenvalue weighted by atomic mass is 16.5. The van der Waals surface area contributed by atoms with Gasteiger partial charge in [-0.15, -0.1) is 0 Å². The molecule has 14 heavy (non-hydrogen) atoms. The maximum atomic E-state index is 9.23. The maximum Gasteiger partial charge on any atom is 0.0611 e. The van der Waals surface area contributed by atoms with Crippen LogP contribution in [0.1, 0.15) is 41.0 Å². The van der Waals surface area contributed by atoms with Gasteiger partial charge in [0, 0.05) is 12.1 Å². The molecule has 1 atom stereocenters. The maximum absolute atomic E-state index is 9.23. The second-order valence-corrected chi connectivity index (χ2v) is 4.96. The van der Waals surface area contributed by atoms with Crippen LogP contribution in [0.15, 0.2) is 0 Å². The van der Waals surface area contributed by atoms with Crippen LogP contribution in [0.4, 0.5) is 0 Å². The van der Waals surface area contributed by atoms with Crippen LogP contribution < -0.4 is 5.32 Å². The number of ether oxygens (including phenoxy) is 1. The van der Waals surface area contributed by atoms with Gasteiger partial charge in [0.15, 0.2) is 0 Å². The number of likely N-dealkylation sites (N-methyl/N-ethyl adjacent to an activating group) is 1. The average Bonchev–Trinajstić information content (AvgIpc) is 2.02. The number of aliphatic hydroxyl groups excluding tert-OH is 1. The number of rotatable bonds is 6. The first-order valence-corrected chi connectivity index (χ1v) is 5.33. The van der Waals surface area contributed by atoms with Crippen molar-refractivity contribution in [1.29, 1.82) is 0 Å². The Hall–Kier alpha value is -0.120. The van der Waals surface area contributed by atoms with Crippen LogP contribution >= 0.6 is 0 Å². The van der Waals surface area contributed by atoms with E-state index in [2.05, 4.69) is 5.32 Å². The second kappa shape index (κ2) is 5.69. The quantitative estimate of drug-likeness (QED) is 0.688. The molecule has 0 radical (unpaired) electrons. The zero-order valence-corrected chi connectivity index (χ0v) is 10.2. The van der Waals surface area contributed by atoms with Gasteiger partial charge >= 0.3 is 0 Å². The molecule has 0 aliphatic carbocycles. The van der Waals surface area contributed by atoms with Gasteiger partial charge in [-0.1, -0.05) is 6.92 Å². The Bertz CT molecular complexity index is 154. The first-order valence-electron chi connectivity index (χ1n) is 5.33. The fraction of sp³-hybridized carbons (Fsp3) is 1.00. The van der Waals surface area contributed by atoms with Crippen molar-refractivity contribution in [2.45, 2.75) is 52.2 Å². The minimum Gasteiger partial charge on any atom is -0.394 e. The molecule has 0 aromatic heterocycles. The molecule has 0 fully saturated rings. The summed E-state index contributed by atoms with van der Waals surface area (Å²) in [6, 6.07) is 0. The third kappa shape index (κ3) is 6.35. The van der Waals surface area contributed by atoms with Crippen LogP contribution in [0.5, 0.6) is 0 Å². The molecule has 3 heteroatoms. The molecule has 0 heterocycles. The molecule has 0 bridgehead atoms. The smallest absolute Gasteiger partial charge is 0.0611 e. The van der Waals surface area contributed by atoms with Crippen molar-refractivity contribution >= 4 is 0 Å². The lowest BCUT2D eigenvalue weighted by atomic mass is 9.99. The van der Waals surface area contributed by atoms with Gasteiger partial charge in [0.2, 0.25) is 0 Å². The molecule has 0 aromatic carbocycles. The van der Waals surface area contributed by atoms with Crippen molar-refractivity contribution < 1.29 is 9.84 Å². The molecule has 0 aliphatic rings. The molecule has 0 rings (SSSR count). The molecular formula is C11H25NO2. The molecule has 0 amide bonds. The van der Waals surface area contributed by atoms with Gasteiger partial charge < -0.3 is 15.2 Å². The molecular weight excluding hydrogens is 178 g/mol. The van der Waals surface area contributed by atoms with Crippen molar-refractivity contribution in [2.24, 2.45) is 0 Å². The third-order valence-corrected chi connectivity index (χ3v) is 2.14. The van der Waals surface area contributed by atoms with Gasteiger partial charge in [-0.05, 0) is 40.7 Å². The monoisotopic (exact) mass is 203 g/mol. The summed E-state index contributed by atoms with van der Waals surface area (Å²) in [5.41, 5.74) is -0.303. The Labute approximate surface area is 87.8 Å². The van der Waals surface area contributed by atoms with E-state index >= 15 is 0 Å². The highest BCUT2D eigenvalue weighted by Crippen LogP contribution is 2.13. The fourth-order valence-corrected chi connectivity index (χ4v) is 1.23. The van der Waals surface area contributed by atoms with E-state index in [1.165, 1.54) is 0 Å². The lowest BCUT2D eigenvalue weighted by molar-refractivity contribution is -0.0167. The van der Waals surface area contributed by atoms with Gasteiger partial charge in [0.1, 0.15) is 0 Å². The number of hydrogen-bond donors (Lipinski definition) is 2. The topological polar surface area (TPSA) is 41.5 Å². The SMILES string of the molecule is CCNC(C)(CO)CCOC(C)(C)C. The Morgan fingerprint density at radius 1 is 1.21 bits per heavy atom. The highest BCUT2D eigenvalue weighted by molar-refractivity contribution is 4.81. The Kier molecular flexibility index (Phi) is 5.64. The lowest BCUT2D eigenvalue weighted by Crippen LogP contribution is -2.46. The summed E-state index contributed by atoms with van der Waals surface area (Å²) in [4.78, 5) is 0. The number of aliphatic hydroxyl groups is 1. The zero-order chi connectivity index (χ0) is 11.2. The minimum atomic E-state index is -0.208. The summed E-state index contributed by atoms with van der Waals surface area (Å²) in [5.74, 6) is 0. The van der Waals surface area contributed by atoms with E-state index in [0.717, 1.165) is 13.0 Å². The summed E-state index contributed by atoms with van der Waals surface area (Å²) in [6.45, 7) is 11.9. The van der Waals surface area contributed by atoms with Gasteiger partial charge in [-0.3, -0.25) is 0 Å². The van der Waals surface area contributed by atoms with Crippen LogP contribution in [0.25, 0.3) is 0 Å². The van der Waals surface area contributed by atoms with E-state index in [1.54, 1.807) is 0 Å². The van der Waals surface area contributed by atoms with Crippen LogP contribution in [-0.4, -0.2) is 36.0 Å². The van der Waals surface area contributed by atoms with Crippen LogP contribution in [0, 0.1) is 0 Å². The van der Waals surface area contributed by atoms with Crippen molar-refractivity contribution in [2.75, 3.05) is 19.8 Å². The van der Waals surface area contributed by atoms with Gasteiger partial charge in [0.05, 0.1) is 12.2 Å². The molecule has 0 saturated heterocycles.